The first-order valence-corrected chi connectivity index (χ1v) is 8.74. The lowest BCUT2D eigenvalue weighted by Crippen LogP contribution is -3.11. The molecule has 2 aromatic rings. The molecule has 2 rings (SSSR count). The summed E-state index contributed by atoms with van der Waals surface area (Å²) >= 11 is 7.49. The Bertz CT molecular complexity index is 733. The van der Waals surface area contributed by atoms with Crippen molar-refractivity contribution in [2.24, 2.45) is 0 Å². The first-order valence-electron chi connectivity index (χ1n) is 7.55. The Kier molecular flexibility index (Phi) is 7.01. The third-order valence-corrected chi connectivity index (χ3v) is 4.65. The lowest BCUT2D eigenvalue weighted by atomic mass is 10.1. The molecule has 0 aliphatic carbocycles. The molecule has 2 N–H and O–H groups in total. The highest BCUT2D eigenvalue weighted by Gasteiger charge is 2.15. The first-order chi connectivity index (χ1) is 11.6. The van der Waals surface area contributed by atoms with Crippen LogP contribution in [-0.4, -0.2) is 19.0 Å². The third-order valence-electron chi connectivity index (χ3n) is 3.42. The summed E-state index contributed by atoms with van der Waals surface area (Å²) in [6.07, 6.45) is 2.18. The Balaban J connectivity index is 1.92. The van der Waals surface area contributed by atoms with E-state index in [2.05, 4.69) is 18.0 Å². The van der Waals surface area contributed by atoms with Gasteiger partial charge in [0.05, 0.1) is 28.2 Å². The van der Waals surface area contributed by atoms with E-state index >= 15 is 0 Å². The van der Waals surface area contributed by atoms with Gasteiger partial charge < -0.3 is 10.2 Å². The van der Waals surface area contributed by atoms with Crippen LogP contribution in [0.5, 0.6) is 0 Å². The summed E-state index contributed by atoms with van der Waals surface area (Å²) in [5.41, 5.74) is 1.67. The third kappa shape index (κ3) is 5.82. The predicted octanol–water partition coefficient (Wildman–Crippen LogP) is 2.68. The van der Waals surface area contributed by atoms with Gasteiger partial charge in [-0.05, 0) is 35.9 Å². The van der Waals surface area contributed by atoms with E-state index in [1.165, 1.54) is 11.3 Å². The zero-order chi connectivity index (χ0) is 17.4. The van der Waals surface area contributed by atoms with Gasteiger partial charge >= 0.3 is 0 Å². The number of benzene rings is 1. The minimum absolute atomic E-state index is 0.0532. The van der Waals surface area contributed by atoms with Gasteiger partial charge in [-0.25, -0.2) is 0 Å². The molecule has 1 unspecified atom stereocenters. The molecule has 0 spiro atoms. The maximum absolute atomic E-state index is 12.3. The average Bonchev–Trinajstić information content (AvgIpc) is 2.95. The molecule has 0 saturated heterocycles. The lowest BCUT2D eigenvalue weighted by Gasteiger charge is -2.16. The van der Waals surface area contributed by atoms with Crippen molar-refractivity contribution < 1.29 is 9.69 Å². The minimum Gasteiger partial charge on any atom is -0.321 e. The van der Waals surface area contributed by atoms with Gasteiger partial charge in [0.2, 0.25) is 0 Å². The monoisotopic (exact) mass is 360 g/mol. The molecule has 0 bridgehead atoms. The van der Waals surface area contributed by atoms with Crippen molar-refractivity contribution in [1.82, 2.24) is 0 Å². The Morgan fingerprint density at radius 2 is 2.08 bits per heavy atom. The second kappa shape index (κ2) is 9.24. The molecule has 1 atom stereocenters. The molecule has 1 heterocycles. The average molecular weight is 361 g/mol. The van der Waals surface area contributed by atoms with Crippen molar-refractivity contribution in [3.63, 3.8) is 0 Å². The standard InChI is InChI=1S/C18H18ClN3OS/c1-2-11-22(12-16-7-8-17(19)24-16)13-18(23)21-15-5-3-14(4-6-15)9-10-20/h2-8H,1,9,11-13H2,(H,21,23)/p+1. The van der Waals surface area contributed by atoms with Gasteiger partial charge in [0, 0.05) is 5.69 Å². The zero-order valence-electron chi connectivity index (χ0n) is 13.2. The normalized spacial score (nSPS) is 11.5. The molecule has 0 saturated carbocycles. The Morgan fingerprint density at radius 1 is 1.33 bits per heavy atom. The summed E-state index contributed by atoms with van der Waals surface area (Å²) in [7, 11) is 0. The van der Waals surface area contributed by atoms with Gasteiger partial charge in [-0.3, -0.25) is 4.79 Å². The van der Waals surface area contributed by atoms with Gasteiger partial charge in [0.25, 0.3) is 5.91 Å². The van der Waals surface area contributed by atoms with Crippen LogP contribution < -0.4 is 10.2 Å². The van der Waals surface area contributed by atoms with Crippen molar-refractivity contribution in [3.8, 4) is 6.07 Å². The molecule has 1 aromatic carbocycles. The lowest BCUT2D eigenvalue weighted by molar-refractivity contribution is -0.899. The minimum atomic E-state index is -0.0532. The van der Waals surface area contributed by atoms with Crippen LogP contribution in [0.25, 0.3) is 0 Å². The number of anilines is 1. The van der Waals surface area contributed by atoms with Crippen molar-refractivity contribution in [2.45, 2.75) is 13.0 Å². The number of carbonyl (C=O) groups is 1. The summed E-state index contributed by atoms with van der Waals surface area (Å²) in [5.74, 6) is -0.0532. The summed E-state index contributed by atoms with van der Waals surface area (Å²) in [4.78, 5) is 14.5. The number of quaternary nitrogens is 1. The van der Waals surface area contributed by atoms with E-state index < -0.39 is 0 Å². The second-order valence-corrected chi connectivity index (χ2v) is 7.18. The molecule has 0 radical (unpaired) electrons. The molecule has 4 nitrogen and oxygen atoms in total. The van der Waals surface area contributed by atoms with Crippen LogP contribution in [0.1, 0.15) is 10.4 Å². The van der Waals surface area contributed by atoms with Crippen LogP contribution in [0.4, 0.5) is 5.69 Å². The van der Waals surface area contributed by atoms with E-state index in [-0.39, 0.29) is 5.91 Å². The molecule has 0 aliphatic heterocycles. The van der Waals surface area contributed by atoms with Gasteiger partial charge in [-0.2, -0.15) is 5.26 Å². The molecular formula is C18H19ClN3OS+. The highest BCUT2D eigenvalue weighted by Crippen LogP contribution is 2.20. The topological polar surface area (TPSA) is 57.3 Å². The molecular weight excluding hydrogens is 342 g/mol. The highest BCUT2D eigenvalue weighted by molar-refractivity contribution is 7.16. The Hall–Kier alpha value is -2.13. The van der Waals surface area contributed by atoms with E-state index in [9.17, 15) is 4.79 Å². The smallest absolute Gasteiger partial charge is 0.279 e. The van der Waals surface area contributed by atoms with E-state index in [0.717, 1.165) is 31.9 Å². The second-order valence-electron chi connectivity index (χ2n) is 5.38. The number of nitrogens with one attached hydrogen (secondary N) is 2. The molecule has 0 aliphatic rings. The Labute approximate surface area is 151 Å². The van der Waals surface area contributed by atoms with Crippen molar-refractivity contribution >= 4 is 34.5 Å². The quantitative estimate of drug-likeness (QED) is 0.711. The predicted molar refractivity (Wildman–Crippen MR) is 98.3 cm³/mol. The number of halogens is 1. The molecule has 6 heteroatoms. The van der Waals surface area contributed by atoms with Crippen LogP contribution in [0, 0.1) is 11.3 Å². The van der Waals surface area contributed by atoms with Gasteiger partial charge in [-0.1, -0.05) is 30.3 Å². The Morgan fingerprint density at radius 3 is 2.67 bits per heavy atom. The molecule has 1 aromatic heterocycles. The number of amides is 1. The molecule has 124 valence electrons. The van der Waals surface area contributed by atoms with Gasteiger partial charge in [0.15, 0.2) is 6.54 Å². The summed E-state index contributed by atoms with van der Waals surface area (Å²) in [5, 5.41) is 11.6. The number of carbonyl (C=O) groups excluding carboxylic acids is 1. The zero-order valence-corrected chi connectivity index (χ0v) is 14.8. The fourth-order valence-corrected chi connectivity index (χ4v) is 3.49. The number of hydrogen-bond donors (Lipinski definition) is 2. The number of rotatable bonds is 8. The van der Waals surface area contributed by atoms with E-state index in [4.69, 9.17) is 16.9 Å². The SMILES string of the molecule is C=CC[NH+](CC(=O)Nc1ccc(CC#N)cc1)Cc1ccc(Cl)s1. The molecule has 0 fully saturated rings. The van der Waals surface area contributed by atoms with E-state index in [1.54, 1.807) is 0 Å². The van der Waals surface area contributed by atoms with Crippen molar-refractivity contribution in [1.29, 1.82) is 5.26 Å². The summed E-state index contributed by atoms with van der Waals surface area (Å²) in [6.45, 7) is 5.55. The fourth-order valence-electron chi connectivity index (χ4n) is 2.33. The number of nitrogens with zero attached hydrogens (tertiary/aromatic N) is 1. The van der Waals surface area contributed by atoms with Gasteiger partial charge in [0.1, 0.15) is 6.54 Å². The van der Waals surface area contributed by atoms with Crippen LogP contribution in [0.2, 0.25) is 4.34 Å². The summed E-state index contributed by atoms with van der Waals surface area (Å²) < 4.78 is 0.755. The number of thiophene rings is 1. The van der Waals surface area contributed by atoms with Crippen LogP contribution in [-0.2, 0) is 17.8 Å². The van der Waals surface area contributed by atoms with E-state index in [1.807, 2.05) is 42.5 Å². The first kappa shape index (κ1) is 18.2. The van der Waals surface area contributed by atoms with Crippen molar-refractivity contribution in [2.75, 3.05) is 18.4 Å². The summed E-state index contributed by atoms with van der Waals surface area (Å²) in [6, 6.07) is 13.3. The number of nitriles is 1. The van der Waals surface area contributed by atoms with Crippen LogP contribution in [0.3, 0.4) is 0 Å². The molecule has 1 amide bonds. The van der Waals surface area contributed by atoms with Crippen LogP contribution in [0.15, 0.2) is 49.1 Å². The molecule has 24 heavy (non-hydrogen) atoms. The maximum Gasteiger partial charge on any atom is 0.279 e. The maximum atomic E-state index is 12.3. The van der Waals surface area contributed by atoms with Gasteiger partial charge in [-0.15, -0.1) is 11.3 Å². The fraction of sp³-hybridized carbons (Fsp3) is 0.222. The highest BCUT2D eigenvalue weighted by atomic mass is 35.5. The van der Waals surface area contributed by atoms with Crippen molar-refractivity contribution in [3.05, 3.63) is 63.8 Å². The van der Waals surface area contributed by atoms with Crippen LogP contribution >= 0.6 is 22.9 Å². The van der Waals surface area contributed by atoms with E-state index in [0.29, 0.717) is 19.5 Å². The largest absolute Gasteiger partial charge is 0.321 e. The number of hydrogen-bond acceptors (Lipinski definition) is 3.